The van der Waals surface area contributed by atoms with Gasteiger partial charge in [0.05, 0.1) is 15.1 Å². The summed E-state index contributed by atoms with van der Waals surface area (Å²) in [6.07, 6.45) is -0.834. The first-order valence-corrected chi connectivity index (χ1v) is 7.95. The van der Waals surface area contributed by atoms with Crippen molar-refractivity contribution in [2.75, 3.05) is 0 Å². The number of aryl methyl sites for hydroxylation is 1. The molecule has 1 aromatic heterocycles. The second-order valence-corrected chi connectivity index (χ2v) is 7.90. The molecule has 0 aliphatic carbocycles. The lowest BCUT2D eigenvalue weighted by Crippen LogP contribution is -2.42. The lowest BCUT2D eigenvalue weighted by Gasteiger charge is -2.12. The van der Waals surface area contributed by atoms with Crippen molar-refractivity contribution < 1.29 is 28.2 Å². The first kappa shape index (κ1) is 16.1. The summed E-state index contributed by atoms with van der Waals surface area (Å²) in [4.78, 5) is 21.7. The van der Waals surface area contributed by atoms with E-state index in [-0.39, 0.29) is 4.90 Å². The molecule has 0 aliphatic heterocycles. The smallest absolute Gasteiger partial charge is 0.322 e. The van der Waals surface area contributed by atoms with Crippen molar-refractivity contribution in [2.24, 2.45) is 0 Å². The second-order valence-electron chi connectivity index (χ2n) is 3.58. The number of carboxylic acid groups (broad SMARTS) is 2. The molecule has 7 nitrogen and oxygen atoms in total. The fraction of sp³-hybridized carbons (Fsp3) is 0.333. The Labute approximate surface area is 121 Å². The summed E-state index contributed by atoms with van der Waals surface area (Å²) in [6, 6.07) is -0.372. The van der Waals surface area contributed by atoms with Crippen molar-refractivity contribution in [1.29, 1.82) is 0 Å². The summed E-state index contributed by atoms with van der Waals surface area (Å²) >= 11 is 4.31. The zero-order chi connectivity index (χ0) is 14.8. The van der Waals surface area contributed by atoms with E-state index < -0.39 is 34.4 Å². The van der Waals surface area contributed by atoms with Crippen molar-refractivity contribution in [3.63, 3.8) is 0 Å². The average molecular weight is 372 g/mol. The van der Waals surface area contributed by atoms with Crippen LogP contribution in [0.3, 0.4) is 0 Å². The third-order valence-electron chi connectivity index (χ3n) is 2.11. The van der Waals surface area contributed by atoms with Gasteiger partial charge in [-0.25, -0.2) is 8.42 Å². The van der Waals surface area contributed by atoms with Crippen LogP contribution in [-0.2, 0) is 19.6 Å². The Hall–Kier alpha value is -0.970. The summed E-state index contributed by atoms with van der Waals surface area (Å²) in [5.41, 5.74) is 0. The number of nitrogens with one attached hydrogen (secondary N) is 1. The molecule has 0 amide bonds. The number of rotatable bonds is 6. The molecule has 0 unspecified atom stereocenters. The molecule has 0 aromatic carbocycles. The maximum Gasteiger partial charge on any atom is 0.322 e. The summed E-state index contributed by atoms with van der Waals surface area (Å²) in [6.45, 7) is 1.57. The fourth-order valence-electron chi connectivity index (χ4n) is 1.30. The maximum absolute atomic E-state index is 12.0. The second kappa shape index (κ2) is 5.99. The van der Waals surface area contributed by atoms with E-state index >= 15 is 0 Å². The van der Waals surface area contributed by atoms with Gasteiger partial charge in [-0.2, -0.15) is 4.72 Å². The molecule has 106 valence electrons. The van der Waals surface area contributed by atoms with Crippen LogP contribution in [0.25, 0.3) is 0 Å². The van der Waals surface area contributed by atoms with E-state index in [0.29, 0.717) is 8.66 Å². The van der Waals surface area contributed by atoms with Crippen LogP contribution in [0.15, 0.2) is 14.7 Å². The molecular formula is C9H10BrNO6S2. The number of halogens is 1. The lowest BCUT2D eigenvalue weighted by molar-refractivity contribution is -0.145. The van der Waals surface area contributed by atoms with Gasteiger partial charge in [-0.3, -0.25) is 9.59 Å². The van der Waals surface area contributed by atoms with E-state index in [4.69, 9.17) is 10.2 Å². The Morgan fingerprint density at radius 3 is 2.42 bits per heavy atom. The first-order valence-electron chi connectivity index (χ1n) is 4.86. The summed E-state index contributed by atoms with van der Waals surface area (Å²) in [7, 11) is -4.07. The minimum Gasteiger partial charge on any atom is -0.481 e. The third kappa shape index (κ3) is 4.27. The highest BCUT2D eigenvalue weighted by molar-refractivity contribution is 9.11. The Morgan fingerprint density at radius 2 is 2.05 bits per heavy atom. The number of carbonyl (C=O) groups is 2. The zero-order valence-electron chi connectivity index (χ0n) is 9.58. The number of hydrogen-bond acceptors (Lipinski definition) is 5. The monoisotopic (exact) mass is 371 g/mol. The van der Waals surface area contributed by atoms with Crippen LogP contribution < -0.4 is 4.72 Å². The molecule has 0 saturated heterocycles. The molecule has 3 N–H and O–H groups in total. The molecule has 0 radical (unpaired) electrons. The predicted molar refractivity (Wildman–Crippen MR) is 70.8 cm³/mol. The van der Waals surface area contributed by atoms with Gasteiger partial charge in [0.2, 0.25) is 10.0 Å². The Kier molecular flexibility index (Phi) is 5.07. The topological polar surface area (TPSA) is 121 Å². The van der Waals surface area contributed by atoms with E-state index in [1.807, 2.05) is 4.72 Å². The fourth-order valence-corrected chi connectivity index (χ4v) is 4.91. The number of thiophene rings is 1. The molecule has 10 heteroatoms. The molecule has 1 heterocycles. The highest BCUT2D eigenvalue weighted by Gasteiger charge is 2.29. The highest BCUT2D eigenvalue weighted by atomic mass is 79.9. The van der Waals surface area contributed by atoms with Gasteiger partial charge in [-0.05, 0) is 28.9 Å². The van der Waals surface area contributed by atoms with Crippen LogP contribution in [0, 0.1) is 6.92 Å². The molecule has 19 heavy (non-hydrogen) atoms. The molecule has 0 saturated carbocycles. The van der Waals surface area contributed by atoms with Gasteiger partial charge in [0.1, 0.15) is 6.04 Å². The number of aliphatic carboxylic acids is 2. The van der Waals surface area contributed by atoms with Crippen molar-refractivity contribution in [2.45, 2.75) is 24.3 Å². The minimum absolute atomic E-state index is 0.0685. The number of sulfonamides is 1. The molecule has 1 rings (SSSR count). The van der Waals surface area contributed by atoms with Gasteiger partial charge in [-0.15, -0.1) is 11.3 Å². The van der Waals surface area contributed by atoms with Crippen molar-refractivity contribution in [3.8, 4) is 0 Å². The van der Waals surface area contributed by atoms with E-state index in [1.165, 1.54) is 17.4 Å². The molecule has 0 bridgehead atoms. The van der Waals surface area contributed by atoms with Crippen LogP contribution in [0.2, 0.25) is 0 Å². The quantitative estimate of drug-likeness (QED) is 0.686. The average Bonchev–Trinajstić information content (AvgIpc) is 2.56. The normalized spacial score (nSPS) is 13.2. The van der Waals surface area contributed by atoms with E-state index in [0.717, 1.165) is 0 Å². The molecule has 1 atom stereocenters. The van der Waals surface area contributed by atoms with Crippen LogP contribution in [0.5, 0.6) is 0 Å². The molecule has 0 fully saturated rings. The minimum atomic E-state index is -4.07. The van der Waals surface area contributed by atoms with E-state index in [1.54, 1.807) is 6.92 Å². The van der Waals surface area contributed by atoms with Gasteiger partial charge >= 0.3 is 11.9 Å². The highest BCUT2D eigenvalue weighted by Crippen LogP contribution is 2.29. The summed E-state index contributed by atoms with van der Waals surface area (Å²) in [5, 5.41) is 17.4. The molecule has 0 spiro atoms. The van der Waals surface area contributed by atoms with Crippen molar-refractivity contribution >= 4 is 49.2 Å². The first-order chi connectivity index (χ1) is 8.63. The van der Waals surface area contributed by atoms with Crippen LogP contribution in [0.1, 0.15) is 11.3 Å². The third-order valence-corrected chi connectivity index (χ3v) is 5.39. The van der Waals surface area contributed by atoms with Crippen LogP contribution in [-0.4, -0.2) is 36.6 Å². The van der Waals surface area contributed by atoms with Crippen molar-refractivity contribution in [1.82, 2.24) is 4.72 Å². The van der Waals surface area contributed by atoms with Gasteiger partial charge < -0.3 is 10.2 Å². The van der Waals surface area contributed by atoms with Gasteiger partial charge in [0, 0.05) is 4.88 Å². The SMILES string of the molecule is Cc1sc(Br)cc1S(=O)(=O)N[C@@H](CC(=O)O)C(=O)O. The van der Waals surface area contributed by atoms with E-state index in [9.17, 15) is 18.0 Å². The number of carboxylic acids is 2. The van der Waals surface area contributed by atoms with Gasteiger partial charge in [-0.1, -0.05) is 0 Å². The van der Waals surface area contributed by atoms with Crippen molar-refractivity contribution in [3.05, 3.63) is 14.7 Å². The maximum atomic E-state index is 12.0. The molecule has 1 aromatic rings. The largest absolute Gasteiger partial charge is 0.481 e. The van der Waals surface area contributed by atoms with Crippen LogP contribution >= 0.6 is 27.3 Å². The Bertz CT molecular complexity index is 608. The zero-order valence-corrected chi connectivity index (χ0v) is 12.8. The lowest BCUT2D eigenvalue weighted by atomic mass is 10.2. The molecule has 0 aliphatic rings. The van der Waals surface area contributed by atoms with Crippen LogP contribution in [0.4, 0.5) is 0 Å². The van der Waals surface area contributed by atoms with E-state index in [2.05, 4.69) is 15.9 Å². The standard InChI is InChI=1S/C9H10BrNO6S2/c1-4-6(3-7(10)18-4)19(16,17)11-5(9(14)15)2-8(12)13/h3,5,11H,2H2,1H3,(H,12,13)(H,14,15)/t5-/m0/s1. The summed E-state index contributed by atoms with van der Waals surface area (Å²) in [5.74, 6) is -2.95. The Morgan fingerprint density at radius 1 is 1.47 bits per heavy atom. The number of hydrogen-bond donors (Lipinski definition) is 3. The Balaban J connectivity index is 3.04. The van der Waals surface area contributed by atoms with Gasteiger partial charge in [0.25, 0.3) is 0 Å². The molecular weight excluding hydrogens is 362 g/mol. The summed E-state index contributed by atoms with van der Waals surface area (Å²) < 4.78 is 26.4. The predicted octanol–water partition coefficient (Wildman–Crippen LogP) is 1.03. The van der Waals surface area contributed by atoms with Gasteiger partial charge in [0.15, 0.2) is 0 Å².